The lowest BCUT2D eigenvalue weighted by molar-refractivity contribution is -0.0535. The Kier molecular flexibility index (Phi) is 3.97. The first-order chi connectivity index (χ1) is 10.9. The van der Waals surface area contributed by atoms with Crippen molar-refractivity contribution < 1.29 is 0 Å². The molecule has 0 heterocycles. The van der Waals surface area contributed by atoms with Gasteiger partial charge < -0.3 is 0 Å². The molecule has 4 aliphatic carbocycles. The van der Waals surface area contributed by atoms with Gasteiger partial charge in [-0.3, -0.25) is 0 Å². The van der Waals surface area contributed by atoms with Gasteiger partial charge >= 0.3 is 0 Å². The van der Waals surface area contributed by atoms with Crippen molar-refractivity contribution in [3.63, 3.8) is 0 Å². The Bertz CT molecular complexity index is 486. The number of allylic oxidation sites excluding steroid dienone is 2. The van der Waals surface area contributed by atoms with Crippen molar-refractivity contribution in [1.29, 1.82) is 0 Å². The van der Waals surface area contributed by atoms with E-state index in [0.29, 0.717) is 10.8 Å². The van der Waals surface area contributed by atoms with Crippen molar-refractivity contribution >= 4 is 0 Å². The van der Waals surface area contributed by atoms with Gasteiger partial charge in [0.25, 0.3) is 0 Å². The fourth-order valence-electron chi connectivity index (χ4n) is 7.82. The van der Waals surface area contributed by atoms with Crippen molar-refractivity contribution in [2.24, 2.45) is 40.4 Å². The number of hydrogen-bond acceptors (Lipinski definition) is 0. The monoisotopic (exact) mass is 314 g/mol. The maximum absolute atomic E-state index is 2.70. The standard InChI is InChI=1S/C23H38/c1-16(2)15-18-9-11-20-19-10-8-17-7-5-6-13-22(17,3)21(19)12-14-23(18,20)4/h7,16,18-21H,5-6,8-15H2,1-4H3/t18-,19+,20+,21+,22+,23-/m1/s1. The molecule has 6 atom stereocenters. The lowest BCUT2D eigenvalue weighted by Crippen LogP contribution is -2.50. The Morgan fingerprint density at radius 1 is 1.04 bits per heavy atom. The van der Waals surface area contributed by atoms with Gasteiger partial charge in [-0.25, -0.2) is 0 Å². The summed E-state index contributed by atoms with van der Waals surface area (Å²) in [6, 6.07) is 0. The number of fused-ring (bicyclic) bond motifs is 5. The summed E-state index contributed by atoms with van der Waals surface area (Å²) in [5, 5.41) is 0. The lowest BCUT2D eigenvalue weighted by atomic mass is 9.46. The van der Waals surface area contributed by atoms with E-state index in [9.17, 15) is 0 Å². The highest BCUT2D eigenvalue weighted by atomic mass is 14.6. The van der Waals surface area contributed by atoms with E-state index in [1.54, 1.807) is 6.42 Å². The van der Waals surface area contributed by atoms with Gasteiger partial charge in [0.1, 0.15) is 0 Å². The first-order valence-electron chi connectivity index (χ1n) is 10.6. The molecule has 0 N–H and O–H groups in total. The first kappa shape index (κ1) is 16.2. The third-order valence-electron chi connectivity index (χ3n) is 8.98. The van der Waals surface area contributed by atoms with E-state index < -0.39 is 0 Å². The molecule has 3 fully saturated rings. The van der Waals surface area contributed by atoms with Crippen molar-refractivity contribution in [2.45, 2.75) is 91.9 Å². The molecular formula is C23H38. The Hall–Kier alpha value is -0.260. The van der Waals surface area contributed by atoms with Gasteiger partial charge in [-0.15, -0.1) is 0 Å². The van der Waals surface area contributed by atoms with E-state index in [1.807, 2.05) is 5.57 Å². The average molecular weight is 315 g/mol. The van der Waals surface area contributed by atoms with Gasteiger partial charge in [-0.2, -0.15) is 0 Å². The summed E-state index contributed by atoms with van der Waals surface area (Å²) in [6.07, 6.45) is 17.5. The third kappa shape index (κ3) is 2.37. The molecule has 3 saturated carbocycles. The SMILES string of the molecule is CC(C)C[C@H]1CC[C@H]2[C@@H]3CCC4=CCCC[C@]4(C)[C@H]3CC[C@]12C. The highest BCUT2D eigenvalue weighted by Crippen LogP contribution is 2.67. The molecule has 0 bridgehead atoms. The van der Waals surface area contributed by atoms with E-state index in [2.05, 4.69) is 33.8 Å². The molecule has 0 unspecified atom stereocenters. The summed E-state index contributed by atoms with van der Waals surface area (Å²) < 4.78 is 0. The summed E-state index contributed by atoms with van der Waals surface area (Å²) >= 11 is 0. The van der Waals surface area contributed by atoms with Crippen molar-refractivity contribution in [1.82, 2.24) is 0 Å². The molecule has 0 amide bonds. The molecule has 0 aliphatic heterocycles. The lowest BCUT2D eigenvalue weighted by Gasteiger charge is -2.58. The van der Waals surface area contributed by atoms with Crippen LogP contribution in [-0.4, -0.2) is 0 Å². The average Bonchev–Trinajstić information content (AvgIpc) is 2.83. The molecule has 130 valence electrons. The molecule has 0 aromatic rings. The second-order valence-corrected chi connectivity index (χ2v) is 10.4. The third-order valence-corrected chi connectivity index (χ3v) is 8.98. The minimum atomic E-state index is 0.582. The summed E-state index contributed by atoms with van der Waals surface area (Å²) in [7, 11) is 0. The van der Waals surface area contributed by atoms with Crippen LogP contribution < -0.4 is 0 Å². The Morgan fingerprint density at radius 3 is 2.65 bits per heavy atom. The highest BCUT2D eigenvalue weighted by molar-refractivity contribution is 5.23. The molecular weight excluding hydrogens is 276 g/mol. The minimum Gasteiger partial charge on any atom is -0.0848 e. The van der Waals surface area contributed by atoms with Crippen LogP contribution in [-0.2, 0) is 0 Å². The molecule has 4 rings (SSSR count). The normalized spacial score (nSPS) is 49.3. The highest BCUT2D eigenvalue weighted by Gasteiger charge is 2.58. The van der Waals surface area contributed by atoms with E-state index in [-0.39, 0.29) is 0 Å². The summed E-state index contributed by atoms with van der Waals surface area (Å²) in [5.41, 5.74) is 3.13. The predicted octanol–water partition coefficient (Wildman–Crippen LogP) is 7.00. The largest absolute Gasteiger partial charge is 0.0848 e. The van der Waals surface area contributed by atoms with Gasteiger partial charge in [0.05, 0.1) is 0 Å². The van der Waals surface area contributed by atoms with Crippen LogP contribution in [0.15, 0.2) is 11.6 Å². The summed E-state index contributed by atoms with van der Waals surface area (Å²) in [6.45, 7) is 10.2. The van der Waals surface area contributed by atoms with Crippen LogP contribution >= 0.6 is 0 Å². The minimum absolute atomic E-state index is 0.582. The molecule has 0 radical (unpaired) electrons. The Balaban J connectivity index is 1.60. The van der Waals surface area contributed by atoms with Gasteiger partial charge in [0, 0.05) is 0 Å². The van der Waals surface area contributed by atoms with E-state index in [0.717, 1.165) is 29.6 Å². The maximum atomic E-state index is 2.70. The van der Waals surface area contributed by atoms with Gasteiger partial charge in [-0.1, -0.05) is 39.3 Å². The molecule has 0 heteroatoms. The van der Waals surface area contributed by atoms with Crippen LogP contribution in [0.25, 0.3) is 0 Å². The van der Waals surface area contributed by atoms with Crippen LogP contribution in [0, 0.1) is 40.4 Å². The topological polar surface area (TPSA) is 0 Å². The van der Waals surface area contributed by atoms with E-state index in [1.165, 1.54) is 57.8 Å². The molecule has 0 aromatic heterocycles. The zero-order valence-electron chi connectivity index (χ0n) is 16.0. The van der Waals surface area contributed by atoms with Crippen LogP contribution in [0.5, 0.6) is 0 Å². The van der Waals surface area contributed by atoms with Crippen LogP contribution in [0.3, 0.4) is 0 Å². The molecule has 0 nitrogen and oxygen atoms in total. The Labute approximate surface area is 144 Å². The molecule has 0 saturated heterocycles. The first-order valence-corrected chi connectivity index (χ1v) is 10.6. The summed E-state index contributed by atoms with van der Waals surface area (Å²) in [4.78, 5) is 0. The van der Waals surface area contributed by atoms with E-state index >= 15 is 0 Å². The van der Waals surface area contributed by atoms with Crippen LogP contribution in [0.4, 0.5) is 0 Å². The van der Waals surface area contributed by atoms with Gasteiger partial charge in [0.15, 0.2) is 0 Å². The Morgan fingerprint density at radius 2 is 1.87 bits per heavy atom. The zero-order chi connectivity index (χ0) is 16.2. The van der Waals surface area contributed by atoms with Crippen molar-refractivity contribution in [3.8, 4) is 0 Å². The zero-order valence-corrected chi connectivity index (χ0v) is 16.0. The fraction of sp³-hybridized carbons (Fsp3) is 0.913. The molecule has 0 aromatic carbocycles. The predicted molar refractivity (Wildman–Crippen MR) is 99.3 cm³/mol. The molecule has 23 heavy (non-hydrogen) atoms. The van der Waals surface area contributed by atoms with Gasteiger partial charge in [0.2, 0.25) is 0 Å². The smallest absolute Gasteiger partial charge is 0.00853 e. The fourth-order valence-corrected chi connectivity index (χ4v) is 7.82. The van der Waals surface area contributed by atoms with Gasteiger partial charge in [-0.05, 0) is 105 Å². The quantitative estimate of drug-likeness (QED) is 0.481. The van der Waals surface area contributed by atoms with E-state index in [4.69, 9.17) is 0 Å². The number of hydrogen-bond donors (Lipinski definition) is 0. The van der Waals surface area contributed by atoms with Crippen molar-refractivity contribution in [2.75, 3.05) is 0 Å². The summed E-state index contributed by atoms with van der Waals surface area (Å²) in [5.74, 6) is 5.00. The molecule has 0 spiro atoms. The van der Waals surface area contributed by atoms with Crippen LogP contribution in [0.1, 0.15) is 91.9 Å². The molecule has 4 aliphatic rings. The second-order valence-electron chi connectivity index (χ2n) is 10.4. The second kappa shape index (κ2) is 5.63. The van der Waals surface area contributed by atoms with Crippen LogP contribution in [0.2, 0.25) is 0 Å². The maximum Gasteiger partial charge on any atom is -0.00853 e. The number of rotatable bonds is 2. The van der Waals surface area contributed by atoms with Crippen molar-refractivity contribution in [3.05, 3.63) is 11.6 Å².